The minimum absolute atomic E-state index is 0.0579. The summed E-state index contributed by atoms with van der Waals surface area (Å²) >= 11 is 6.55. The minimum atomic E-state index is -1.21. The smallest absolute Gasteiger partial charge is 0.312 e. The number of carbonyl (C=O) groups excluding carboxylic acids is 3. The Morgan fingerprint density at radius 3 is 2.70 bits per heavy atom. The second kappa shape index (κ2) is 10.6. The van der Waals surface area contributed by atoms with Gasteiger partial charge in [0.15, 0.2) is 0 Å². The molecular formula is C28H35ClN2O6. The maximum Gasteiger partial charge on any atom is 0.312 e. The highest BCUT2D eigenvalue weighted by Crippen LogP contribution is 2.64. The fourth-order valence-corrected chi connectivity index (χ4v) is 6.89. The van der Waals surface area contributed by atoms with E-state index in [1.54, 1.807) is 24.3 Å². The average Bonchev–Trinajstić information content (AvgIpc) is 3.47. The molecule has 4 rings (SSSR count). The third-order valence-electron chi connectivity index (χ3n) is 8.11. The minimum Gasteiger partial charge on any atom is -0.465 e. The summed E-state index contributed by atoms with van der Waals surface area (Å²) in [4.78, 5) is 44.6. The number of ether oxygens (including phenoxy) is 2. The number of hydrogen-bond acceptors (Lipinski definition) is 6. The molecule has 3 aliphatic rings. The summed E-state index contributed by atoms with van der Waals surface area (Å²) in [5.74, 6) is -2.96. The normalized spacial score (nSPS) is 29.8. The Hall–Kier alpha value is -2.68. The van der Waals surface area contributed by atoms with Crippen molar-refractivity contribution in [2.75, 3.05) is 31.2 Å². The highest BCUT2D eigenvalue weighted by atomic mass is 35.5. The molecule has 37 heavy (non-hydrogen) atoms. The molecule has 0 aliphatic carbocycles. The van der Waals surface area contributed by atoms with Crippen molar-refractivity contribution < 1.29 is 29.0 Å². The number of carbonyl (C=O) groups is 3. The summed E-state index contributed by atoms with van der Waals surface area (Å²) < 4.78 is 12.2. The molecule has 200 valence electrons. The van der Waals surface area contributed by atoms with E-state index < -0.39 is 35.0 Å². The molecule has 0 aromatic heterocycles. The first-order valence-corrected chi connectivity index (χ1v) is 13.2. The third-order valence-corrected chi connectivity index (χ3v) is 8.42. The first kappa shape index (κ1) is 27.4. The van der Waals surface area contributed by atoms with E-state index in [-0.39, 0.29) is 38.1 Å². The van der Waals surface area contributed by atoms with Gasteiger partial charge < -0.3 is 24.4 Å². The summed E-state index contributed by atoms with van der Waals surface area (Å²) in [6.45, 7) is 11.2. The van der Waals surface area contributed by atoms with Crippen LogP contribution >= 0.6 is 11.6 Å². The molecule has 2 unspecified atom stereocenters. The van der Waals surface area contributed by atoms with Gasteiger partial charge in [-0.15, -0.1) is 13.2 Å². The maximum atomic E-state index is 14.4. The lowest BCUT2D eigenvalue weighted by Gasteiger charge is -2.37. The number of nitrogens with zero attached hydrogens (tertiary/aromatic N) is 2. The summed E-state index contributed by atoms with van der Waals surface area (Å²) in [7, 11) is 0. The largest absolute Gasteiger partial charge is 0.465 e. The number of likely N-dealkylation sites (tertiary alicyclic amines) is 1. The summed E-state index contributed by atoms with van der Waals surface area (Å²) in [6.07, 6.45) is 5.22. The lowest BCUT2D eigenvalue weighted by molar-refractivity contribution is -0.160. The Kier molecular flexibility index (Phi) is 7.83. The van der Waals surface area contributed by atoms with Gasteiger partial charge in [-0.05, 0) is 44.2 Å². The van der Waals surface area contributed by atoms with Crippen LogP contribution in [0.4, 0.5) is 5.69 Å². The van der Waals surface area contributed by atoms with Gasteiger partial charge >= 0.3 is 5.97 Å². The maximum absolute atomic E-state index is 14.4. The van der Waals surface area contributed by atoms with Gasteiger partial charge in [-0.3, -0.25) is 14.4 Å². The highest BCUT2D eigenvalue weighted by Gasteiger charge is 2.79. The molecule has 2 amide bonds. The number of aryl methyl sites for hydroxylation is 1. The molecule has 5 atom stereocenters. The topological polar surface area (TPSA) is 96.4 Å². The van der Waals surface area contributed by atoms with Crippen molar-refractivity contribution in [1.82, 2.24) is 4.90 Å². The number of β-amino-alcohol motifs (C(OH)–C–C–N with tert-alkyl or cyclic N) is 1. The third kappa shape index (κ3) is 4.19. The molecule has 1 aromatic rings. The number of aliphatic hydroxyl groups is 1. The molecule has 1 spiro atoms. The van der Waals surface area contributed by atoms with E-state index in [1.165, 1.54) is 9.80 Å². The van der Waals surface area contributed by atoms with Crippen molar-refractivity contribution in [2.45, 2.75) is 56.8 Å². The molecule has 3 heterocycles. The second-order valence-corrected chi connectivity index (χ2v) is 10.4. The van der Waals surface area contributed by atoms with Gasteiger partial charge in [-0.25, -0.2) is 0 Å². The lowest BCUT2D eigenvalue weighted by Crippen LogP contribution is -2.57. The van der Waals surface area contributed by atoms with Crippen LogP contribution in [0.15, 0.2) is 43.5 Å². The summed E-state index contributed by atoms with van der Waals surface area (Å²) in [5.41, 5.74) is -0.779. The quantitative estimate of drug-likeness (QED) is 0.267. The Bertz CT molecular complexity index is 1090. The van der Waals surface area contributed by atoms with Crippen LogP contribution in [0.3, 0.4) is 0 Å². The summed E-state index contributed by atoms with van der Waals surface area (Å²) in [5, 5.41) is 10.2. The molecule has 8 nitrogen and oxygen atoms in total. The van der Waals surface area contributed by atoms with Crippen molar-refractivity contribution in [3.63, 3.8) is 0 Å². The van der Waals surface area contributed by atoms with Crippen molar-refractivity contribution in [3.8, 4) is 0 Å². The lowest BCUT2D eigenvalue weighted by atomic mass is 9.65. The van der Waals surface area contributed by atoms with Crippen LogP contribution in [0.5, 0.6) is 0 Å². The van der Waals surface area contributed by atoms with Crippen LogP contribution in [0, 0.1) is 18.8 Å². The predicted octanol–water partition coefficient (Wildman–Crippen LogP) is 3.43. The number of amides is 2. The van der Waals surface area contributed by atoms with Crippen LogP contribution in [-0.4, -0.2) is 71.3 Å². The predicted molar refractivity (Wildman–Crippen MR) is 140 cm³/mol. The van der Waals surface area contributed by atoms with E-state index >= 15 is 0 Å². The van der Waals surface area contributed by atoms with Gasteiger partial charge in [-0.1, -0.05) is 42.8 Å². The van der Waals surface area contributed by atoms with E-state index in [2.05, 4.69) is 13.2 Å². The van der Waals surface area contributed by atoms with Crippen LogP contribution in [0.25, 0.3) is 0 Å². The second-order valence-electron chi connectivity index (χ2n) is 9.98. The van der Waals surface area contributed by atoms with Crippen molar-refractivity contribution >= 4 is 35.1 Å². The fourth-order valence-electron chi connectivity index (χ4n) is 6.57. The fraction of sp³-hybridized carbons (Fsp3) is 0.536. The van der Waals surface area contributed by atoms with E-state index in [4.69, 9.17) is 21.1 Å². The Labute approximate surface area is 222 Å². The molecular weight excluding hydrogens is 496 g/mol. The van der Waals surface area contributed by atoms with Gasteiger partial charge in [0.05, 0.1) is 35.4 Å². The van der Waals surface area contributed by atoms with Crippen LogP contribution < -0.4 is 4.90 Å². The number of halogens is 1. The van der Waals surface area contributed by atoms with E-state index in [9.17, 15) is 19.5 Å². The van der Waals surface area contributed by atoms with Gasteiger partial charge in [0, 0.05) is 13.1 Å². The van der Waals surface area contributed by atoms with E-state index in [0.717, 1.165) is 5.56 Å². The van der Waals surface area contributed by atoms with Gasteiger partial charge in [0.2, 0.25) is 5.91 Å². The van der Waals surface area contributed by atoms with Gasteiger partial charge in [-0.2, -0.15) is 0 Å². The molecule has 3 saturated heterocycles. The number of para-hydroxylation sites is 1. The molecule has 3 aliphatic heterocycles. The van der Waals surface area contributed by atoms with Gasteiger partial charge in [0.1, 0.15) is 17.6 Å². The number of anilines is 1. The zero-order valence-electron chi connectivity index (χ0n) is 21.5. The van der Waals surface area contributed by atoms with Gasteiger partial charge in [0.25, 0.3) is 5.91 Å². The first-order chi connectivity index (χ1) is 17.7. The summed E-state index contributed by atoms with van der Waals surface area (Å²) in [6, 6.07) is 4.33. The standard InChI is InChI=1S/C28H35ClN2O6/c1-5-8-17-36-26(35)21-20-24(33)31(15-16-32)23(28(20)13-12-27(21,7-3)37-28)25(34)30(14-6-2)22-18(4)10-9-11-19(22)29/h5-6,9-11,20-21,23,32H,1-2,7-8,12-17H2,3-4H3/t20-,21+,23?,27-,28?/m0/s1. The van der Waals surface area contributed by atoms with E-state index in [1.807, 2.05) is 19.9 Å². The molecule has 0 radical (unpaired) electrons. The van der Waals surface area contributed by atoms with Crippen molar-refractivity contribution in [3.05, 3.63) is 54.1 Å². The van der Waals surface area contributed by atoms with Crippen LogP contribution in [0.2, 0.25) is 5.02 Å². The number of esters is 1. The zero-order valence-corrected chi connectivity index (χ0v) is 22.2. The number of fused-ring (bicyclic) bond motifs is 1. The molecule has 9 heteroatoms. The number of benzene rings is 1. The van der Waals surface area contributed by atoms with E-state index in [0.29, 0.717) is 36.4 Å². The number of hydrogen-bond donors (Lipinski definition) is 1. The Morgan fingerprint density at radius 2 is 2.08 bits per heavy atom. The van der Waals surface area contributed by atoms with Crippen LogP contribution in [0.1, 0.15) is 38.2 Å². The number of rotatable bonds is 11. The molecule has 1 N–H and O–H groups in total. The monoisotopic (exact) mass is 530 g/mol. The Morgan fingerprint density at radius 1 is 1.32 bits per heavy atom. The van der Waals surface area contributed by atoms with Crippen molar-refractivity contribution in [1.29, 1.82) is 0 Å². The van der Waals surface area contributed by atoms with Crippen LogP contribution in [-0.2, 0) is 23.9 Å². The first-order valence-electron chi connectivity index (χ1n) is 12.8. The SMILES string of the molecule is C=CCCOC(=O)[C@H]1[C@H]2C(=O)N(CCO)C(C(=O)N(CC=C)c3c(C)cccc3Cl)C23CC[C@]1(CC)O3. The average molecular weight is 531 g/mol. The zero-order chi connectivity index (χ0) is 27.0. The Balaban J connectivity index is 1.80. The molecule has 1 aromatic carbocycles. The highest BCUT2D eigenvalue weighted by molar-refractivity contribution is 6.34. The molecule has 2 bridgehead atoms. The number of aliphatic hydroxyl groups excluding tert-OH is 1. The van der Waals surface area contributed by atoms with Crippen molar-refractivity contribution in [2.24, 2.45) is 11.8 Å². The molecule has 3 fully saturated rings. The molecule has 0 saturated carbocycles.